The van der Waals surface area contributed by atoms with Gasteiger partial charge in [-0.2, -0.15) is 0 Å². The molecule has 0 saturated heterocycles. The van der Waals surface area contributed by atoms with Crippen molar-refractivity contribution in [1.29, 1.82) is 0 Å². The van der Waals surface area contributed by atoms with Gasteiger partial charge in [-0.15, -0.1) is 0 Å². The van der Waals surface area contributed by atoms with Gasteiger partial charge < -0.3 is 20.5 Å². The van der Waals surface area contributed by atoms with E-state index < -0.39 is 0 Å². The van der Waals surface area contributed by atoms with E-state index in [1.807, 2.05) is 37.3 Å². The maximum absolute atomic E-state index is 5.56. The highest BCUT2D eigenvalue weighted by molar-refractivity contribution is 5.49. The van der Waals surface area contributed by atoms with Crippen LogP contribution in [0.4, 0.5) is 11.6 Å². The molecule has 0 atom stereocenters. The van der Waals surface area contributed by atoms with Gasteiger partial charge in [0.2, 0.25) is 0 Å². The topological polar surface area (TPSA) is 74.1 Å². The maximum Gasteiger partial charge on any atom is 0.134 e. The maximum atomic E-state index is 5.56. The molecule has 2 aromatic heterocycles. The first-order chi connectivity index (χ1) is 9.20. The number of rotatable bonds is 6. The van der Waals surface area contributed by atoms with E-state index in [-0.39, 0.29) is 0 Å². The van der Waals surface area contributed by atoms with Crippen molar-refractivity contribution in [1.82, 2.24) is 15.0 Å². The van der Waals surface area contributed by atoms with Gasteiger partial charge in [0, 0.05) is 45.1 Å². The molecule has 19 heavy (non-hydrogen) atoms. The van der Waals surface area contributed by atoms with Crippen molar-refractivity contribution in [2.24, 2.45) is 5.73 Å². The highest BCUT2D eigenvalue weighted by Gasteiger charge is 2.08. The van der Waals surface area contributed by atoms with E-state index >= 15 is 0 Å². The van der Waals surface area contributed by atoms with Gasteiger partial charge in [0.15, 0.2) is 0 Å². The summed E-state index contributed by atoms with van der Waals surface area (Å²) in [6, 6.07) is 6.02. The second-order valence-corrected chi connectivity index (χ2v) is 4.50. The Kier molecular flexibility index (Phi) is 4.35. The van der Waals surface area contributed by atoms with Gasteiger partial charge in [-0.3, -0.25) is 0 Å². The van der Waals surface area contributed by atoms with Crippen LogP contribution >= 0.6 is 0 Å². The zero-order chi connectivity index (χ0) is 13.7. The molecule has 0 fully saturated rings. The van der Waals surface area contributed by atoms with E-state index in [9.17, 15) is 0 Å². The Bertz CT molecular complexity index is 496. The Hall–Kier alpha value is -2.08. The average molecular weight is 260 g/mol. The number of likely N-dealkylation sites (N-methyl/N-ethyl adjacent to an activating group) is 1. The molecular formula is C13H20N6. The molecule has 2 aromatic rings. The van der Waals surface area contributed by atoms with E-state index in [0.29, 0.717) is 6.54 Å². The number of H-pyrrole nitrogens is 1. The minimum Gasteiger partial charge on any atom is -0.364 e. The average Bonchev–Trinajstić information content (AvgIpc) is 2.92. The Labute approximate surface area is 113 Å². The van der Waals surface area contributed by atoms with Crippen LogP contribution in [0.1, 0.15) is 5.69 Å². The van der Waals surface area contributed by atoms with Crippen LogP contribution in [0, 0.1) is 0 Å². The summed E-state index contributed by atoms with van der Waals surface area (Å²) < 4.78 is 0. The molecule has 6 nitrogen and oxygen atoms in total. The van der Waals surface area contributed by atoms with Gasteiger partial charge in [0.1, 0.15) is 18.0 Å². The predicted octanol–water partition coefficient (Wildman–Crippen LogP) is 0.836. The number of nitrogens with two attached hydrogens (primary N) is 1. The lowest BCUT2D eigenvalue weighted by Gasteiger charge is -2.21. The molecule has 0 spiro atoms. The lowest BCUT2D eigenvalue weighted by molar-refractivity contribution is 0.844. The van der Waals surface area contributed by atoms with E-state index in [4.69, 9.17) is 5.73 Å². The number of aromatic amines is 1. The van der Waals surface area contributed by atoms with Crippen molar-refractivity contribution in [2.45, 2.75) is 6.54 Å². The first-order valence-electron chi connectivity index (χ1n) is 6.27. The Morgan fingerprint density at radius 2 is 1.95 bits per heavy atom. The molecule has 0 radical (unpaired) electrons. The van der Waals surface area contributed by atoms with Gasteiger partial charge in [-0.05, 0) is 12.1 Å². The van der Waals surface area contributed by atoms with Gasteiger partial charge in [-0.1, -0.05) is 0 Å². The molecule has 0 aliphatic carbocycles. The Morgan fingerprint density at radius 1 is 1.21 bits per heavy atom. The SMILES string of the molecule is CN(CCN)c1cc(N(C)Cc2ccc[nH]2)ncn1. The van der Waals surface area contributed by atoms with E-state index in [2.05, 4.69) is 25.9 Å². The molecule has 0 bridgehead atoms. The third kappa shape index (κ3) is 3.45. The Balaban J connectivity index is 2.09. The number of aromatic nitrogens is 3. The molecule has 0 aliphatic heterocycles. The summed E-state index contributed by atoms with van der Waals surface area (Å²) in [5, 5.41) is 0. The van der Waals surface area contributed by atoms with Crippen LogP contribution in [0.15, 0.2) is 30.7 Å². The van der Waals surface area contributed by atoms with Crippen LogP contribution < -0.4 is 15.5 Å². The van der Waals surface area contributed by atoms with Crippen LogP contribution in [-0.2, 0) is 6.54 Å². The summed E-state index contributed by atoms with van der Waals surface area (Å²) in [4.78, 5) is 15.8. The highest BCUT2D eigenvalue weighted by Crippen LogP contribution is 2.16. The first kappa shape index (κ1) is 13.4. The molecule has 0 aliphatic rings. The largest absolute Gasteiger partial charge is 0.364 e. The third-order valence-electron chi connectivity index (χ3n) is 2.95. The molecule has 2 rings (SSSR count). The van der Waals surface area contributed by atoms with E-state index in [1.54, 1.807) is 6.33 Å². The minimum absolute atomic E-state index is 0.605. The summed E-state index contributed by atoms with van der Waals surface area (Å²) in [6.07, 6.45) is 3.51. The minimum atomic E-state index is 0.605. The summed E-state index contributed by atoms with van der Waals surface area (Å²) >= 11 is 0. The summed E-state index contributed by atoms with van der Waals surface area (Å²) in [5.41, 5.74) is 6.71. The number of hydrogen-bond donors (Lipinski definition) is 2. The second kappa shape index (κ2) is 6.19. The fourth-order valence-electron chi connectivity index (χ4n) is 1.87. The smallest absolute Gasteiger partial charge is 0.134 e. The third-order valence-corrected chi connectivity index (χ3v) is 2.95. The highest BCUT2D eigenvalue weighted by atomic mass is 15.2. The number of hydrogen-bond acceptors (Lipinski definition) is 5. The number of anilines is 2. The molecule has 102 valence electrons. The van der Waals surface area contributed by atoms with Crippen molar-refractivity contribution in [3.63, 3.8) is 0 Å². The molecule has 0 aromatic carbocycles. The van der Waals surface area contributed by atoms with Crippen LogP contribution in [0.5, 0.6) is 0 Å². The van der Waals surface area contributed by atoms with E-state index in [0.717, 1.165) is 30.4 Å². The van der Waals surface area contributed by atoms with Crippen molar-refractivity contribution < 1.29 is 0 Å². The fourth-order valence-corrected chi connectivity index (χ4v) is 1.87. The van der Waals surface area contributed by atoms with Crippen molar-refractivity contribution in [3.05, 3.63) is 36.4 Å². The van der Waals surface area contributed by atoms with E-state index in [1.165, 1.54) is 0 Å². The van der Waals surface area contributed by atoms with Crippen molar-refractivity contribution in [2.75, 3.05) is 37.0 Å². The van der Waals surface area contributed by atoms with Crippen LogP contribution in [0.25, 0.3) is 0 Å². The monoisotopic (exact) mass is 260 g/mol. The molecular weight excluding hydrogens is 240 g/mol. The quantitative estimate of drug-likeness (QED) is 0.805. The van der Waals surface area contributed by atoms with Crippen LogP contribution in [-0.4, -0.2) is 42.1 Å². The Morgan fingerprint density at radius 3 is 2.58 bits per heavy atom. The lowest BCUT2D eigenvalue weighted by Crippen LogP contribution is -2.26. The van der Waals surface area contributed by atoms with Crippen LogP contribution in [0.2, 0.25) is 0 Å². The first-order valence-corrected chi connectivity index (χ1v) is 6.27. The standard InChI is InChI=1S/C13H20N6/c1-18(7-5-14)12-8-13(17-10-16-12)19(2)9-11-4-3-6-15-11/h3-4,6,8,10,15H,5,7,9,14H2,1-2H3. The summed E-state index contributed by atoms with van der Waals surface area (Å²) in [6.45, 7) is 2.16. The van der Waals surface area contributed by atoms with Gasteiger partial charge in [0.25, 0.3) is 0 Å². The molecule has 0 unspecified atom stereocenters. The predicted molar refractivity (Wildman–Crippen MR) is 77.3 cm³/mol. The zero-order valence-corrected chi connectivity index (χ0v) is 11.4. The fraction of sp³-hybridized carbons (Fsp3) is 0.385. The molecule has 0 amide bonds. The van der Waals surface area contributed by atoms with Gasteiger partial charge in [0.05, 0.1) is 6.54 Å². The van der Waals surface area contributed by atoms with Crippen molar-refractivity contribution >= 4 is 11.6 Å². The molecule has 0 saturated carbocycles. The van der Waals surface area contributed by atoms with Crippen LogP contribution in [0.3, 0.4) is 0 Å². The summed E-state index contributed by atoms with van der Waals surface area (Å²) in [7, 11) is 3.99. The zero-order valence-electron chi connectivity index (χ0n) is 11.4. The van der Waals surface area contributed by atoms with Gasteiger partial charge in [-0.25, -0.2) is 9.97 Å². The number of nitrogens with zero attached hydrogens (tertiary/aromatic N) is 4. The van der Waals surface area contributed by atoms with Crippen molar-refractivity contribution in [3.8, 4) is 0 Å². The lowest BCUT2D eigenvalue weighted by atomic mass is 10.4. The summed E-state index contributed by atoms with van der Waals surface area (Å²) in [5.74, 6) is 1.78. The van der Waals surface area contributed by atoms with Gasteiger partial charge >= 0.3 is 0 Å². The molecule has 3 N–H and O–H groups in total. The normalized spacial score (nSPS) is 10.5. The molecule has 6 heteroatoms. The second-order valence-electron chi connectivity index (χ2n) is 4.50. The molecule has 2 heterocycles. The number of nitrogens with one attached hydrogen (secondary N) is 1.